The summed E-state index contributed by atoms with van der Waals surface area (Å²) in [5.41, 5.74) is 1.14. The maximum Gasteiger partial charge on any atom is 0.103 e. The summed E-state index contributed by atoms with van der Waals surface area (Å²) in [7, 11) is 3.83. The van der Waals surface area contributed by atoms with Gasteiger partial charge in [0.05, 0.1) is 22.4 Å². The normalized spacial score (nSPS) is 13.9. The maximum absolute atomic E-state index is 10.4. The van der Waals surface area contributed by atoms with Crippen LogP contribution >= 0.6 is 0 Å². The molecule has 0 spiro atoms. The Bertz CT molecular complexity index is 674. The summed E-state index contributed by atoms with van der Waals surface area (Å²) in [6.07, 6.45) is 1.56. The number of nitriles is 1. The zero-order valence-electron chi connectivity index (χ0n) is 12.6. The smallest absolute Gasteiger partial charge is 0.103 e. The van der Waals surface area contributed by atoms with Gasteiger partial charge in [-0.15, -0.1) is 0 Å². The van der Waals surface area contributed by atoms with E-state index in [9.17, 15) is 10.4 Å². The van der Waals surface area contributed by atoms with Gasteiger partial charge in [-0.05, 0) is 27.1 Å². The topological polar surface area (TPSA) is 72.2 Å². The zero-order valence-corrected chi connectivity index (χ0v) is 12.6. The number of nitrogens with one attached hydrogen (secondary N) is 1. The molecule has 2 N–H and O–H groups in total. The van der Waals surface area contributed by atoms with Crippen LogP contribution in [0.5, 0.6) is 0 Å². The van der Waals surface area contributed by atoms with Gasteiger partial charge in [-0.25, -0.2) is 0 Å². The zero-order chi connectivity index (χ0) is 15.5. The summed E-state index contributed by atoms with van der Waals surface area (Å²) in [6.45, 7) is 2.66. The SMILES string of the molecule is CN(C)CC(C)(O)CNc1c(C#N)cnc2ccccc12. The Hall–Kier alpha value is -2.16. The van der Waals surface area contributed by atoms with Gasteiger partial charge < -0.3 is 15.3 Å². The van der Waals surface area contributed by atoms with Crippen LogP contribution in [0, 0.1) is 11.3 Å². The Labute approximate surface area is 124 Å². The molecular weight excluding hydrogens is 264 g/mol. The molecule has 0 amide bonds. The number of aromatic nitrogens is 1. The highest BCUT2D eigenvalue weighted by Gasteiger charge is 2.22. The molecule has 1 aromatic carbocycles. The standard InChI is InChI=1S/C16H20N4O/c1-16(21,11-20(2)3)10-19-15-12(8-17)9-18-14-7-5-4-6-13(14)15/h4-7,9,21H,10-11H2,1-3H3,(H,18,19). The van der Waals surface area contributed by atoms with E-state index in [0.717, 1.165) is 16.6 Å². The molecule has 2 aromatic rings. The van der Waals surface area contributed by atoms with Crippen LogP contribution in [0.2, 0.25) is 0 Å². The molecule has 5 nitrogen and oxygen atoms in total. The Balaban J connectivity index is 2.31. The summed E-state index contributed by atoms with van der Waals surface area (Å²) in [4.78, 5) is 6.20. The van der Waals surface area contributed by atoms with Crippen molar-refractivity contribution in [3.63, 3.8) is 0 Å². The molecule has 5 heteroatoms. The molecule has 0 aliphatic carbocycles. The van der Waals surface area contributed by atoms with Crippen LogP contribution in [0.25, 0.3) is 10.9 Å². The molecule has 2 rings (SSSR count). The second kappa shape index (κ2) is 6.08. The summed E-state index contributed by atoms with van der Waals surface area (Å²) >= 11 is 0. The first-order chi connectivity index (χ1) is 9.93. The van der Waals surface area contributed by atoms with Crippen molar-refractivity contribution >= 4 is 16.6 Å². The van der Waals surface area contributed by atoms with Crippen molar-refractivity contribution in [2.75, 3.05) is 32.5 Å². The van der Waals surface area contributed by atoms with E-state index >= 15 is 0 Å². The fraction of sp³-hybridized carbons (Fsp3) is 0.375. The molecule has 1 atom stereocenters. The molecule has 0 radical (unpaired) electrons. The number of rotatable bonds is 5. The first-order valence-electron chi connectivity index (χ1n) is 6.82. The molecular formula is C16H20N4O. The van der Waals surface area contributed by atoms with Gasteiger partial charge in [0.25, 0.3) is 0 Å². The quantitative estimate of drug-likeness (QED) is 0.876. The number of hydrogen-bond acceptors (Lipinski definition) is 5. The molecule has 0 aliphatic rings. The molecule has 110 valence electrons. The minimum atomic E-state index is -0.888. The second-order valence-corrected chi connectivity index (χ2v) is 5.76. The lowest BCUT2D eigenvalue weighted by molar-refractivity contribution is 0.0460. The second-order valence-electron chi connectivity index (χ2n) is 5.76. The third kappa shape index (κ3) is 3.69. The van der Waals surface area contributed by atoms with Crippen molar-refractivity contribution in [2.45, 2.75) is 12.5 Å². The molecule has 0 bridgehead atoms. The van der Waals surface area contributed by atoms with E-state index in [2.05, 4.69) is 16.4 Å². The fourth-order valence-corrected chi connectivity index (χ4v) is 2.43. The monoisotopic (exact) mass is 284 g/mol. The first kappa shape index (κ1) is 15.2. The minimum Gasteiger partial charge on any atom is -0.387 e. The third-order valence-corrected chi connectivity index (χ3v) is 3.20. The van der Waals surface area contributed by atoms with E-state index in [-0.39, 0.29) is 0 Å². The molecule has 1 unspecified atom stereocenters. The lowest BCUT2D eigenvalue weighted by atomic mass is 10.1. The van der Waals surface area contributed by atoms with E-state index in [4.69, 9.17) is 0 Å². The molecule has 0 aliphatic heterocycles. The summed E-state index contributed by atoms with van der Waals surface area (Å²) < 4.78 is 0. The van der Waals surface area contributed by atoms with E-state index in [1.54, 1.807) is 13.1 Å². The van der Waals surface area contributed by atoms with E-state index in [1.807, 2.05) is 43.3 Å². The number of fused-ring (bicyclic) bond motifs is 1. The third-order valence-electron chi connectivity index (χ3n) is 3.20. The molecule has 21 heavy (non-hydrogen) atoms. The number of likely N-dealkylation sites (N-methyl/N-ethyl adjacent to an activating group) is 1. The Morgan fingerprint density at radius 2 is 2.10 bits per heavy atom. The van der Waals surface area contributed by atoms with Crippen molar-refractivity contribution in [1.82, 2.24) is 9.88 Å². The van der Waals surface area contributed by atoms with Gasteiger partial charge in [-0.1, -0.05) is 18.2 Å². The average Bonchev–Trinajstić information content (AvgIpc) is 2.43. The van der Waals surface area contributed by atoms with Crippen LogP contribution in [-0.2, 0) is 0 Å². The highest BCUT2D eigenvalue weighted by molar-refractivity contribution is 5.93. The van der Waals surface area contributed by atoms with E-state index in [0.29, 0.717) is 18.7 Å². The van der Waals surface area contributed by atoms with Crippen LogP contribution in [0.3, 0.4) is 0 Å². The molecule has 0 saturated heterocycles. The van der Waals surface area contributed by atoms with E-state index in [1.165, 1.54) is 0 Å². The van der Waals surface area contributed by atoms with Crippen LogP contribution < -0.4 is 5.32 Å². The lowest BCUT2D eigenvalue weighted by Crippen LogP contribution is -2.43. The largest absolute Gasteiger partial charge is 0.387 e. The van der Waals surface area contributed by atoms with E-state index < -0.39 is 5.60 Å². The first-order valence-corrected chi connectivity index (χ1v) is 6.82. The van der Waals surface area contributed by atoms with Gasteiger partial charge in [0.15, 0.2) is 0 Å². The Kier molecular flexibility index (Phi) is 4.41. The van der Waals surface area contributed by atoms with Crippen molar-refractivity contribution in [1.29, 1.82) is 5.26 Å². The lowest BCUT2D eigenvalue weighted by Gasteiger charge is -2.28. The number of anilines is 1. The maximum atomic E-state index is 10.4. The number of nitrogens with zero attached hydrogens (tertiary/aromatic N) is 3. The number of aliphatic hydroxyl groups is 1. The summed E-state index contributed by atoms with van der Waals surface area (Å²) in [6, 6.07) is 9.79. The minimum absolute atomic E-state index is 0.355. The molecule has 1 aromatic heterocycles. The van der Waals surface area contributed by atoms with Crippen LogP contribution in [-0.4, -0.2) is 47.8 Å². The van der Waals surface area contributed by atoms with Crippen LogP contribution in [0.15, 0.2) is 30.5 Å². The number of benzene rings is 1. The Morgan fingerprint density at radius 1 is 1.38 bits per heavy atom. The number of para-hydroxylation sites is 1. The predicted octanol–water partition coefficient (Wildman–Crippen LogP) is 1.83. The highest BCUT2D eigenvalue weighted by atomic mass is 16.3. The summed E-state index contributed by atoms with van der Waals surface area (Å²) in [5, 5.41) is 23.7. The Morgan fingerprint density at radius 3 is 2.76 bits per heavy atom. The van der Waals surface area contributed by atoms with Gasteiger partial charge in [0, 0.05) is 24.7 Å². The van der Waals surface area contributed by atoms with Crippen LogP contribution in [0.1, 0.15) is 12.5 Å². The summed E-state index contributed by atoms with van der Waals surface area (Å²) in [5.74, 6) is 0. The predicted molar refractivity (Wildman–Crippen MR) is 84.1 cm³/mol. The molecule has 0 saturated carbocycles. The molecule has 0 fully saturated rings. The average molecular weight is 284 g/mol. The van der Waals surface area contributed by atoms with Crippen molar-refractivity contribution < 1.29 is 5.11 Å². The fourth-order valence-electron chi connectivity index (χ4n) is 2.43. The number of pyridine rings is 1. The van der Waals surface area contributed by atoms with Gasteiger partial charge in [0.2, 0.25) is 0 Å². The van der Waals surface area contributed by atoms with Crippen molar-refractivity contribution in [2.24, 2.45) is 0 Å². The van der Waals surface area contributed by atoms with Crippen molar-refractivity contribution in [3.05, 3.63) is 36.0 Å². The van der Waals surface area contributed by atoms with Gasteiger partial charge >= 0.3 is 0 Å². The highest BCUT2D eigenvalue weighted by Crippen LogP contribution is 2.25. The van der Waals surface area contributed by atoms with Gasteiger partial charge in [-0.2, -0.15) is 5.26 Å². The van der Waals surface area contributed by atoms with Gasteiger partial charge in [-0.3, -0.25) is 4.98 Å². The van der Waals surface area contributed by atoms with Crippen LogP contribution in [0.4, 0.5) is 5.69 Å². The molecule has 1 heterocycles. The van der Waals surface area contributed by atoms with Crippen molar-refractivity contribution in [3.8, 4) is 6.07 Å². The number of hydrogen-bond donors (Lipinski definition) is 2. The van der Waals surface area contributed by atoms with Gasteiger partial charge in [0.1, 0.15) is 6.07 Å².